The van der Waals surface area contributed by atoms with Crippen LogP contribution in [0.4, 0.5) is 4.39 Å². The van der Waals surface area contributed by atoms with Crippen LogP contribution in [0.25, 0.3) is 0 Å². The van der Waals surface area contributed by atoms with Gasteiger partial charge in [-0.25, -0.2) is 4.39 Å². The number of nitrogens with zero attached hydrogens (tertiary/aromatic N) is 3. The summed E-state index contributed by atoms with van der Waals surface area (Å²) < 4.78 is 13.6. The van der Waals surface area contributed by atoms with Crippen molar-refractivity contribution < 1.29 is 4.39 Å². The molecule has 3 aliphatic rings. The molecule has 1 N–H and O–H groups in total. The molecule has 0 spiro atoms. The van der Waals surface area contributed by atoms with Crippen molar-refractivity contribution >= 4 is 5.96 Å². The molecule has 2 saturated heterocycles. The highest BCUT2D eigenvalue weighted by Gasteiger charge is 2.44. The monoisotopic (exact) mass is 358 g/mol. The van der Waals surface area contributed by atoms with Crippen LogP contribution in [-0.4, -0.2) is 62.1 Å². The van der Waals surface area contributed by atoms with E-state index in [1.807, 2.05) is 13.1 Å². The molecule has 26 heavy (non-hydrogen) atoms. The number of rotatable bonds is 5. The summed E-state index contributed by atoms with van der Waals surface area (Å²) in [6.45, 7) is 6.82. The molecule has 0 bridgehead atoms. The van der Waals surface area contributed by atoms with E-state index < -0.39 is 0 Å². The zero-order chi connectivity index (χ0) is 18.0. The van der Waals surface area contributed by atoms with Gasteiger partial charge in [-0.3, -0.25) is 4.99 Å². The lowest BCUT2D eigenvalue weighted by Gasteiger charge is -2.25. The Kier molecular flexibility index (Phi) is 5.16. The highest BCUT2D eigenvalue weighted by atomic mass is 19.1. The summed E-state index contributed by atoms with van der Waals surface area (Å²) in [6, 6.07) is 7.10. The maximum Gasteiger partial charge on any atom is 0.193 e. The van der Waals surface area contributed by atoms with Gasteiger partial charge >= 0.3 is 0 Å². The number of likely N-dealkylation sites (tertiary alicyclic amines) is 2. The number of halogens is 1. The topological polar surface area (TPSA) is 30.9 Å². The fraction of sp³-hybridized carbons (Fsp3) is 0.667. The minimum absolute atomic E-state index is 0.0900. The normalized spacial score (nSPS) is 25.7. The molecule has 0 radical (unpaired) electrons. The largest absolute Gasteiger partial charge is 0.355 e. The average molecular weight is 359 g/mol. The Labute approximate surface area is 156 Å². The maximum atomic E-state index is 13.6. The Morgan fingerprint density at radius 1 is 1.27 bits per heavy atom. The van der Waals surface area contributed by atoms with Crippen LogP contribution in [0.2, 0.25) is 0 Å². The van der Waals surface area contributed by atoms with Gasteiger partial charge in [0.05, 0.1) is 0 Å². The molecule has 1 aliphatic carbocycles. The third kappa shape index (κ3) is 3.88. The zero-order valence-electron chi connectivity index (χ0n) is 15.9. The van der Waals surface area contributed by atoms with Crippen molar-refractivity contribution in [2.75, 3.05) is 46.3 Å². The molecule has 1 atom stereocenters. The lowest BCUT2D eigenvalue weighted by atomic mass is 9.96. The van der Waals surface area contributed by atoms with E-state index in [-0.39, 0.29) is 11.2 Å². The molecule has 4 rings (SSSR count). The molecule has 0 amide bonds. The zero-order valence-corrected chi connectivity index (χ0v) is 15.9. The molecular formula is C21H31FN4. The predicted molar refractivity (Wildman–Crippen MR) is 104 cm³/mol. The van der Waals surface area contributed by atoms with Crippen molar-refractivity contribution in [3.8, 4) is 0 Å². The van der Waals surface area contributed by atoms with E-state index in [0.717, 1.165) is 49.9 Å². The second kappa shape index (κ2) is 7.55. The summed E-state index contributed by atoms with van der Waals surface area (Å²) >= 11 is 0. The van der Waals surface area contributed by atoms with Crippen LogP contribution in [-0.2, 0) is 5.41 Å². The van der Waals surface area contributed by atoms with Crippen LogP contribution in [0.1, 0.15) is 37.7 Å². The summed E-state index contributed by atoms with van der Waals surface area (Å²) in [5, 5.41) is 3.59. The van der Waals surface area contributed by atoms with E-state index in [9.17, 15) is 4.39 Å². The molecule has 1 aromatic rings. The molecule has 1 saturated carbocycles. The molecule has 1 aromatic carbocycles. The lowest BCUT2D eigenvalue weighted by Crippen LogP contribution is -2.43. The minimum Gasteiger partial charge on any atom is -0.355 e. The Morgan fingerprint density at radius 3 is 2.77 bits per heavy atom. The molecule has 142 valence electrons. The van der Waals surface area contributed by atoms with Gasteiger partial charge in [0.25, 0.3) is 0 Å². The van der Waals surface area contributed by atoms with E-state index in [2.05, 4.69) is 26.2 Å². The summed E-state index contributed by atoms with van der Waals surface area (Å²) in [5.74, 6) is 1.63. The number of guanidine groups is 1. The van der Waals surface area contributed by atoms with Gasteiger partial charge in [0.2, 0.25) is 0 Å². The van der Waals surface area contributed by atoms with E-state index in [0.29, 0.717) is 0 Å². The summed E-state index contributed by atoms with van der Waals surface area (Å²) in [6.07, 6.45) is 6.23. The Morgan fingerprint density at radius 2 is 2.08 bits per heavy atom. The van der Waals surface area contributed by atoms with Gasteiger partial charge in [-0.1, -0.05) is 12.1 Å². The smallest absolute Gasteiger partial charge is 0.193 e. The van der Waals surface area contributed by atoms with E-state index in [1.165, 1.54) is 45.0 Å². The summed E-state index contributed by atoms with van der Waals surface area (Å²) in [7, 11) is 1.87. The molecule has 2 aliphatic heterocycles. The third-order valence-corrected chi connectivity index (χ3v) is 6.39. The van der Waals surface area contributed by atoms with Crippen LogP contribution in [0.5, 0.6) is 0 Å². The first-order chi connectivity index (χ1) is 12.7. The summed E-state index contributed by atoms with van der Waals surface area (Å²) in [5.41, 5.74) is 1.21. The number of aliphatic imine (C=N–C) groups is 1. The van der Waals surface area contributed by atoms with Crippen LogP contribution in [0.15, 0.2) is 29.3 Å². The van der Waals surface area contributed by atoms with Crippen molar-refractivity contribution in [3.63, 3.8) is 0 Å². The minimum atomic E-state index is -0.137. The second-order valence-electron chi connectivity index (χ2n) is 8.30. The second-order valence-corrected chi connectivity index (χ2v) is 8.30. The molecule has 4 nitrogen and oxygen atoms in total. The van der Waals surface area contributed by atoms with Gasteiger partial charge < -0.3 is 15.1 Å². The number of nitrogens with one attached hydrogen (secondary N) is 1. The van der Waals surface area contributed by atoms with Gasteiger partial charge in [0.1, 0.15) is 5.82 Å². The van der Waals surface area contributed by atoms with Crippen molar-refractivity contribution in [2.45, 2.75) is 37.5 Å². The number of hydrogen-bond acceptors (Lipinski definition) is 2. The Balaban J connectivity index is 1.31. The fourth-order valence-corrected chi connectivity index (χ4v) is 4.62. The standard InChI is InChI=1S/C21H31FN4/c1-23-20(26-12-7-17(15-26)14-25-10-2-3-11-25)24-16-21(8-9-21)18-5-4-6-19(22)13-18/h4-6,13,17H,2-3,7-12,14-16H2,1H3,(H,23,24). The van der Waals surface area contributed by atoms with E-state index >= 15 is 0 Å². The molecule has 0 aromatic heterocycles. The Bertz CT molecular complexity index is 649. The molecule has 3 fully saturated rings. The molecular weight excluding hydrogens is 327 g/mol. The first kappa shape index (κ1) is 17.8. The average Bonchev–Trinajstić information content (AvgIpc) is 3.03. The fourth-order valence-electron chi connectivity index (χ4n) is 4.62. The van der Waals surface area contributed by atoms with Gasteiger partial charge in [-0.2, -0.15) is 0 Å². The van der Waals surface area contributed by atoms with Crippen molar-refractivity contribution in [1.29, 1.82) is 0 Å². The van der Waals surface area contributed by atoms with Crippen LogP contribution >= 0.6 is 0 Å². The van der Waals surface area contributed by atoms with Crippen molar-refractivity contribution in [3.05, 3.63) is 35.6 Å². The number of benzene rings is 1. The first-order valence-electron chi connectivity index (χ1n) is 10.1. The SMILES string of the molecule is CN=C(NCC1(c2cccc(F)c2)CC1)N1CCC(CN2CCCC2)C1. The first-order valence-corrected chi connectivity index (χ1v) is 10.1. The van der Waals surface area contributed by atoms with Crippen molar-refractivity contribution in [2.24, 2.45) is 10.9 Å². The van der Waals surface area contributed by atoms with Gasteiger partial charge in [0.15, 0.2) is 5.96 Å². The van der Waals surface area contributed by atoms with E-state index in [4.69, 9.17) is 0 Å². The molecule has 5 heteroatoms. The van der Waals surface area contributed by atoms with Gasteiger partial charge in [-0.05, 0) is 68.8 Å². The third-order valence-electron chi connectivity index (χ3n) is 6.39. The maximum absolute atomic E-state index is 13.6. The van der Waals surface area contributed by atoms with Crippen molar-refractivity contribution in [1.82, 2.24) is 15.1 Å². The van der Waals surface area contributed by atoms with Gasteiger partial charge in [0, 0.05) is 38.6 Å². The van der Waals surface area contributed by atoms with Crippen LogP contribution in [0.3, 0.4) is 0 Å². The Hall–Kier alpha value is -1.62. The van der Waals surface area contributed by atoms with Crippen LogP contribution in [0, 0.1) is 11.7 Å². The lowest BCUT2D eigenvalue weighted by molar-refractivity contribution is 0.281. The predicted octanol–water partition coefficient (Wildman–Crippen LogP) is 2.85. The quantitative estimate of drug-likeness (QED) is 0.649. The molecule has 1 unspecified atom stereocenters. The highest BCUT2D eigenvalue weighted by Crippen LogP contribution is 2.47. The van der Waals surface area contributed by atoms with E-state index in [1.54, 1.807) is 6.07 Å². The molecule has 2 heterocycles. The van der Waals surface area contributed by atoms with Crippen LogP contribution < -0.4 is 5.32 Å². The summed E-state index contributed by atoms with van der Waals surface area (Å²) in [4.78, 5) is 9.55. The highest BCUT2D eigenvalue weighted by molar-refractivity contribution is 5.80. The van der Waals surface area contributed by atoms with Gasteiger partial charge in [-0.15, -0.1) is 0 Å². The number of hydrogen-bond donors (Lipinski definition) is 1.